The topological polar surface area (TPSA) is 116 Å². The summed E-state index contributed by atoms with van der Waals surface area (Å²) in [7, 11) is 3.05. The van der Waals surface area contributed by atoms with Crippen LogP contribution in [0.4, 0.5) is 0 Å². The molecule has 0 saturated heterocycles. The maximum atomic E-state index is 12.2. The molecule has 2 aromatic carbocycles. The third-order valence-corrected chi connectivity index (χ3v) is 4.41. The number of nitrogens with zero attached hydrogens (tertiary/aromatic N) is 2. The molecule has 0 aliphatic rings. The van der Waals surface area contributed by atoms with Gasteiger partial charge >= 0.3 is 11.8 Å². The standard InChI is InChI=1S/C20H19ClN4O5/c1-28-15-8-7-12(11-16(15)29-2)17-24-20(30-25-17)19(27)23-10-9-22-18(26)13-5-3-4-6-14(13)21/h3-8,11H,9-10H2,1-2H3,(H,22,26)(H,23,27). The lowest BCUT2D eigenvalue weighted by Gasteiger charge is -2.07. The van der Waals surface area contributed by atoms with Gasteiger partial charge in [-0.25, -0.2) is 0 Å². The van der Waals surface area contributed by atoms with Crippen LogP contribution in [-0.2, 0) is 0 Å². The van der Waals surface area contributed by atoms with Crippen molar-refractivity contribution < 1.29 is 23.6 Å². The molecule has 0 fully saturated rings. The molecule has 30 heavy (non-hydrogen) atoms. The van der Waals surface area contributed by atoms with Crippen molar-refractivity contribution in [1.82, 2.24) is 20.8 Å². The highest BCUT2D eigenvalue weighted by Crippen LogP contribution is 2.31. The Kier molecular flexibility index (Phi) is 6.87. The molecule has 3 rings (SSSR count). The Morgan fingerprint density at radius 3 is 2.40 bits per heavy atom. The zero-order valence-electron chi connectivity index (χ0n) is 16.3. The van der Waals surface area contributed by atoms with E-state index in [2.05, 4.69) is 20.8 Å². The summed E-state index contributed by atoms with van der Waals surface area (Å²) >= 11 is 5.98. The first-order chi connectivity index (χ1) is 14.5. The second kappa shape index (κ2) is 9.75. The molecule has 2 amide bonds. The Bertz CT molecular complexity index is 1050. The average molecular weight is 431 g/mol. The van der Waals surface area contributed by atoms with Gasteiger partial charge in [-0.2, -0.15) is 4.98 Å². The molecule has 0 bridgehead atoms. The van der Waals surface area contributed by atoms with Gasteiger partial charge in [0.25, 0.3) is 5.91 Å². The highest BCUT2D eigenvalue weighted by Gasteiger charge is 2.17. The normalized spacial score (nSPS) is 10.4. The number of ether oxygens (including phenoxy) is 2. The molecule has 0 radical (unpaired) electrons. The number of methoxy groups -OCH3 is 2. The third kappa shape index (κ3) is 4.87. The van der Waals surface area contributed by atoms with Crippen LogP contribution in [0.3, 0.4) is 0 Å². The van der Waals surface area contributed by atoms with E-state index in [1.807, 2.05) is 0 Å². The summed E-state index contributed by atoms with van der Waals surface area (Å²) in [5.74, 6) is 0.205. The second-order valence-electron chi connectivity index (χ2n) is 5.98. The third-order valence-electron chi connectivity index (χ3n) is 4.08. The van der Waals surface area contributed by atoms with Crippen molar-refractivity contribution in [3.05, 3.63) is 58.9 Å². The fourth-order valence-electron chi connectivity index (χ4n) is 2.58. The maximum Gasteiger partial charge on any atom is 0.316 e. The Hall–Kier alpha value is -3.59. The molecule has 3 aromatic rings. The molecule has 1 aromatic heterocycles. The van der Waals surface area contributed by atoms with Gasteiger partial charge in [0.2, 0.25) is 5.82 Å². The zero-order chi connectivity index (χ0) is 21.5. The molecule has 0 atom stereocenters. The lowest BCUT2D eigenvalue weighted by molar-refractivity contribution is 0.0898. The summed E-state index contributed by atoms with van der Waals surface area (Å²) in [5.41, 5.74) is 0.962. The Balaban J connectivity index is 1.54. The molecule has 156 valence electrons. The van der Waals surface area contributed by atoms with Gasteiger partial charge in [-0.15, -0.1) is 0 Å². The first-order valence-corrected chi connectivity index (χ1v) is 9.28. The van der Waals surface area contributed by atoms with E-state index in [0.717, 1.165) is 0 Å². The Labute approximate surface area is 177 Å². The molecule has 0 saturated carbocycles. The van der Waals surface area contributed by atoms with Crippen LogP contribution < -0.4 is 20.1 Å². The number of halogens is 1. The molecule has 0 aliphatic carbocycles. The van der Waals surface area contributed by atoms with E-state index in [0.29, 0.717) is 27.6 Å². The minimum atomic E-state index is -0.554. The molecule has 0 aliphatic heterocycles. The minimum Gasteiger partial charge on any atom is -0.493 e. The number of hydrogen-bond donors (Lipinski definition) is 2. The number of benzene rings is 2. The number of nitrogens with one attached hydrogen (secondary N) is 2. The number of aromatic nitrogens is 2. The average Bonchev–Trinajstić information content (AvgIpc) is 3.26. The van der Waals surface area contributed by atoms with Gasteiger partial charge in [-0.3, -0.25) is 9.59 Å². The van der Waals surface area contributed by atoms with Crippen LogP contribution in [0.25, 0.3) is 11.4 Å². The number of carbonyl (C=O) groups is 2. The van der Waals surface area contributed by atoms with Crippen LogP contribution in [0, 0.1) is 0 Å². The lowest BCUT2D eigenvalue weighted by Crippen LogP contribution is -2.34. The van der Waals surface area contributed by atoms with E-state index in [9.17, 15) is 9.59 Å². The van der Waals surface area contributed by atoms with E-state index >= 15 is 0 Å². The van der Waals surface area contributed by atoms with Crippen molar-refractivity contribution >= 4 is 23.4 Å². The lowest BCUT2D eigenvalue weighted by atomic mass is 10.2. The highest BCUT2D eigenvalue weighted by atomic mass is 35.5. The Morgan fingerprint density at radius 1 is 1.00 bits per heavy atom. The first-order valence-electron chi connectivity index (χ1n) is 8.90. The van der Waals surface area contributed by atoms with Crippen molar-refractivity contribution in [3.8, 4) is 22.9 Å². The number of rotatable bonds is 8. The summed E-state index contributed by atoms with van der Waals surface area (Å²) in [6.07, 6.45) is 0. The van der Waals surface area contributed by atoms with Gasteiger partial charge in [0.15, 0.2) is 11.5 Å². The van der Waals surface area contributed by atoms with Crippen LogP contribution in [-0.4, -0.2) is 49.3 Å². The highest BCUT2D eigenvalue weighted by molar-refractivity contribution is 6.33. The van der Waals surface area contributed by atoms with E-state index in [-0.39, 0.29) is 30.7 Å². The molecular weight excluding hydrogens is 412 g/mol. The van der Waals surface area contributed by atoms with Gasteiger partial charge in [0.1, 0.15) is 0 Å². The van der Waals surface area contributed by atoms with Crippen LogP contribution in [0.5, 0.6) is 11.5 Å². The second-order valence-corrected chi connectivity index (χ2v) is 6.39. The quantitative estimate of drug-likeness (QED) is 0.527. The van der Waals surface area contributed by atoms with Crippen LogP contribution >= 0.6 is 11.6 Å². The summed E-state index contributed by atoms with van der Waals surface area (Å²) in [6.45, 7) is 0.371. The van der Waals surface area contributed by atoms with E-state index in [1.165, 1.54) is 14.2 Å². The summed E-state index contributed by atoms with van der Waals surface area (Å²) in [5, 5.41) is 9.44. The zero-order valence-corrected chi connectivity index (χ0v) is 17.0. The van der Waals surface area contributed by atoms with Crippen LogP contribution in [0.2, 0.25) is 5.02 Å². The number of amides is 2. The van der Waals surface area contributed by atoms with Crippen molar-refractivity contribution in [1.29, 1.82) is 0 Å². The molecule has 9 nitrogen and oxygen atoms in total. The Morgan fingerprint density at radius 2 is 1.70 bits per heavy atom. The van der Waals surface area contributed by atoms with E-state index < -0.39 is 5.91 Å². The predicted octanol–water partition coefficient (Wildman–Crippen LogP) is 2.57. The van der Waals surface area contributed by atoms with Gasteiger partial charge in [0.05, 0.1) is 24.8 Å². The largest absolute Gasteiger partial charge is 0.493 e. The maximum absolute atomic E-state index is 12.2. The molecule has 0 unspecified atom stereocenters. The SMILES string of the molecule is COc1ccc(-c2noc(C(=O)NCCNC(=O)c3ccccc3Cl)n2)cc1OC. The fourth-order valence-corrected chi connectivity index (χ4v) is 2.80. The van der Waals surface area contributed by atoms with Crippen LogP contribution in [0.1, 0.15) is 21.0 Å². The smallest absolute Gasteiger partial charge is 0.316 e. The molecular formula is C20H19ClN4O5. The molecule has 1 heterocycles. The molecule has 0 spiro atoms. The van der Waals surface area contributed by atoms with Gasteiger partial charge in [0, 0.05) is 18.7 Å². The van der Waals surface area contributed by atoms with Gasteiger partial charge in [-0.05, 0) is 30.3 Å². The van der Waals surface area contributed by atoms with Crippen molar-refractivity contribution in [3.63, 3.8) is 0 Å². The van der Waals surface area contributed by atoms with E-state index in [1.54, 1.807) is 42.5 Å². The minimum absolute atomic E-state index is 0.170. The first kappa shape index (κ1) is 21.1. The van der Waals surface area contributed by atoms with Crippen LogP contribution in [0.15, 0.2) is 47.0 Å². The summed E-state index contributed by atoms with van der Waals surface area (Å²) in [4.78, 5) is 28.4. The monoisotopic (exact) mass is 430 g/mol. The summed E-state index contributed by atoms with van der Waals surface area (Å²) in [6, 6.07) is 11.8. The number of carbonyl (C=O) groups excluding carboxylic acids is 2. The van der Waals surface area contributed by atoms with Gasteiger partial charge in [-0.1, -0.05) is 28.9 Å². The molecule has 2 N–H and O–H groups in total. The van der Waals surface area contributed by atoms with E-state index in [4.69, 9.17) is 25.6 Å². The fraction of sp³-hybridized carbons (Fsp3) is 0.200. The van der Waals surface area contributed by atoms with Gasteiger partial charge < -0.3 is 24.6 Å². The van der Waals surface area contributed by atoms with Crippen molar-refractivity contribution in [2.75, 3.05) is 27.3 Å². The molecule has 10 heteroatoms. The van der Waals surface area contributed by atoms with Crippen molar-refractivity contribution in [2.45, 2.75) is 0 Å². The number of hydrogen-bond acceptors (Lipinski definition) is 7. The summed E-state index contributed by atoms with van der Waals surface area (Å²) < 4.78 is 15.5. The van der Waals surface area contributed by atoms with Crippen molar-refractivity contribution in [2.24, 2.45) is 0 Å². The predicted molar refractivity (Wildman–Crippen MR) is 109 cm³/mol.